The van der Waals surface area contributed by atoms with Gasteiger partial charge in [-0.15, -0.1) is 6.58 Å². The Morgan fingerprint density at radius 3 is 0.840 bits per heavy atom. The third kappa shape index (κ3) is 36.9. The van der Waals surface area contributed by atoms with Crippen molar-refractivity contribution in [2.45, 2.75) is 5.60 Å². The Bertz CT molecular complexity index is 618. The predicted molar refractivity (Wildman–Crippen MR) is 184 cm³/mol. The van der Waals surface area contributed by atoms with Gasteiger partial charge >= 0.3 is 0 Å². The summed E-state index contributed by atoms with van der Waals surface area (Å²) in [6, 6.07) is 0. The minimum Gasteiger partial charge on any atom is -0.382 e. The lowest BCUT2D eigenvalue weighted by Gasteiger charge is -2.33. The van der Waals surface area contributed by atoms with Gasteiger partial charge in [-0.2, -0.15) is 0 Å². The first-order chi connectivity index (χ1) is 24.7. The lowest BCUT2D eigenvalue weighted by Crippen LogP contribution is -2.48. The molecule has 0 rings (SSSR count). The average molecular weight is 733 g/mol. The topological polar surface area (TPSA) is 148 Å². The molecule has 0 aliphatic rings. The molecule has 16 heteroatoms. The molecule has 300 valence electrons. The van der Waals surface area contributed by atoms with Crippen LogP contribution in [0.2, 0.25) is 0 Å². The van der Waals surface area contributed by atoms with Gasteiger partial charge in [0.15, 0.2) is 0 Å². The van der Waals surface area contributed by atoms with Crippen LogP contribution >= 0.6 is 0 Å². The van der Waals surface area contributed by atoms with Gasteiger partial charge in [0, 0.05) is 21.3 Å². The molecule has 0 radical (unpaired) electrons. The van der Waals surface area contributed by atoms with Gasteiger partial charge in [0.1, 0.15) is 5.60 Å². The molecule has 0 heterocycles. The first-order valence-corrected chi connectivity index (χ1v) is 17.4. The lowest BCUT2D eigenvalue weighted by atomic mass is 10.1. The predicted octanol–water partition coefficient (Wildman–Crippen LogP) is 1.07. The fourth-order valence-electron chi connectivity index (χ4n) is 3.70. The standard InChI is InChI=1S/C34H68O16/c1-5-6-47-31-34(50-30-29-46-24-23-43-18-15-40-12-9-37-4,32-48-27-25-44-21-19-41-16-13-38-10-7-35-2)33-49-28-26-45-22-20-42-17-14-39-11-8-36-3/h5H,1,6-33H2,2-4H3. The van der Waals surface area contributed by atoms with E-state index in [-0.39, 0.29) is 19.8 Å². The van der Waals surface area contributed by atoms with E-state index in [1.54, 1.807) is 27.4 Å². The maximum atomic E-state index is 6.31. The van der Waals surface area contributed by atoms with Crippen molar-refractivity contribution in [1.29, 1.82) is 0 Å². The molecule has 0 unspecified atom stereocenters. The molecule has 16 nitrogen and oxygen atoms in total. The molecule has 0 spiro atoms. The lowest BCUT2D eigenvalue weighted by molar-refractivity contribution is -0.175. The van der Waals surface area contributed by atoms with E-state index in [0.717, 1.165) is 0 Å². The van der Waals surface area contributed by atoms with Crippen LogP contribution in [0, 0.1) is 0 Å². The van der Waals surface area contributed by atoms with E-state index in [1.165, 1.54) is 0 Å². The third-order valence-corrected chi connectivity index (χ3v) is 6.24. The zero-order valence-electron chi connectivity index (χ0n) is 31.1. The van der Waals surface area contributed by atoms with E-state index in [0.29, 0.717) is 165 Å². The first-order valence-electron chi connectivity index (χ1n) is 17.4. The first kappa shape index (κ1) is 49.1. The summed E-state index contributed by atoms with van der Waals surface area (Å²) in [5, 5.41) is 0. The van der Waals surface area contributed by atoms with Crippen molar-refractivity contribution in [2.24, 2.45) is 0 Å². The third-order valence-electron chi connectivity index (χ3n) is 6.24. The van der Waals surface area contributed by atoms with Crippen LogP contribution in [-0.4, -0.2) is 212 Å². The maximum Gasteiger partial charge on any atom is 0.138 e. The van der Waals surface area contributed by atoms with Crippen LogP contribution in [0.3, 0.4) is 0 Å². The van der Waals surface area contributed by atoms with Crippen molar-refractivity contribution in [3.63, 3.8) is 0 Å². The van der Waals surface area contributed by atoms with Crippen molar-refractivity contribution in [3.8, 4) is 0 Å². The molecule has 0 saturated heterocycles. The van der Waals surface area contributed by atoms with Crippen LogP contribution in [0.5, 0.6) is 0 Å². The van der Waals surface area contributed by atoms with Crippen LogP contribution < -0.4 is 0 Å². The van der Waals surface area contributed by atoms with Crippen molar-refractivity contribution in [3.05, 3.63) is 12.7 Å². The molecule has 0 bridgehead atoms. The van der Waals surface area contributed by atoms with Gasteiger partial charge < -0.3 is 75.8 Å². The second-order valence-electron chi connectivity index (χ2n) is 10.4. The molecule has 0 aliphatic heterocycles. The molecule has 0 aromatic carbocycles. The summed E-state index contributed by atoms with van der Waals surface area (Å²) in [5.74, 6) is 0. The van der Waals surface area contributed by atoms with Crippen LogP contribution in [-0.2, 0) is 75.8 Å². The van der Waals surface area contributed by atoms with Crippen LogP contribution in [0.15, 0.2) is 12.7 Å². The Morgan fingerprint density at radius 2 is 0.560 bits per heavy atom. The van der Waals surface area contributed by atoms with Crippen molar-refractivity contribution >= 4 is 0 Å². The molecular formula is C34H68O16. The van der Waals surface area contributed by atoms with Gasteiger partial charge in [-0.3, -0.25) is 0 Å². The van der Waals surface area contributed by atoms with Crippen LogP contribution in [0.25, 0.3) is 0 Å². The quantitative estimate of drug-likeness (QED) is 0.0649. The smallest absolute Gasteiger partial charge is 0.138 e. The largest absolute Gasteiger partial charge is 0.382 e. The summed E-state index contributed by atoms with van der Waals surface area (Å²) in [7, 11) is 4.91. The van der Waals surface area contributed by atoms with Crippen molar-refractivity contribution < 1.29 is 75.8 Å². The van der Waals surface area contributed by atoms with E-state index < -0.39 is 5.60 Å². The Balaban J connectivity index is 4.54. The highest BCUT2D eigenvalue weighted by Gasteiger charge is 2.33. The van der Waals surface area contributed by atoms with Gasteiger partial charge in [0.05, 0.1) is 185 Å². The molecule has 50 heavy (non-hydrogen) atoms. The number of rotatable bonds is 45. The van der Waals surface area contributed by atoms with E-state index in [2.05, 4.69) is 6.58 Å². The molecular weight excluding hydrogens is 664 g/mol. The summed E-state index contributed by atoms with van der Waals surface area (Å²) < 4.78 is 88.5. The van der Waals surface area contributed by atoms with E-state index in [4.69, 9.17) is 75.8 Å². The summed E-state index contributed by atoms with van der Waals surface area (Å²) in [6.07, 6.45) is 1.68. The molecule has 0 N–H and O–H groups in total. The molecule has 0 atom stereocenters. The van der Waals surface area contributed by atoms with Crippen LogP contribution in [0.1, 0.15) is 0 Å². The van der Waals surface area contributed by atoms with Gasteiger partial charge in [-0.05, 0) is 0 Å². The Kier molecular flexibility index (Phi) is 41.7. The zero-order chi connectivity index (χ0) is 36.3. The van der Waals surface area contributed by atoms with Crippen molar-refractivity contribution in [2.75, 3.05) is 206 Å². The monoisotopic (exact) mass is 732 g/mol. The van der Waals surface area contributed by atoms with Crippen LogP contribution in [0.4, 0.5) is 0 Å². The van der Waals surface area contributed by atoms with Gasteiger partial charge in [0.2, 0.25) is 0 Å². The van der Waals surface area contributed by atoms with Gasteiger partial charge in [-0.1, -0.05) is 6.08 Å². The maximum absolute atomic E-state index is 6.31. The Morgan fingerprint density at radius 1 is 0.320 bits per heavy atom. The van der Waals surface area contributed by atoms with Gasteiger partial charge in [-0.25, -0.2) is 0 Å². The number of methoxy groups -OCH3 is 3. The highest BCUT2D eigenvalue weighted by atomic mass is 16.6. The highest BCUT2D eigenvalue weighted by molar-refractivity contribution is 4.82. The summed E-state index contributed by atoms with van der Waals surface area (Å²) in [6.45, 7) is 16.0. The van der Waals surface area contributed by atoms with E-state index in [9.17, 15) is 0 Å². The van der Waals surface area contributed by atoms with E-state index >= 15 is 0 Å². The summed E-state index contributed by atoms with van der Waals surface area (Å²) >= 11 is 0. The molecule has 0 fully saturated rings. The van der Waals surface area contributed by atoms with E-state index in [1.807, 2.05) is 0 Å². The number of hydrogen-bond donors (Lipinski definition) is 0. The summed E-state index contributed by atoms with van der Waals surface area (Å²) in [4.78, 5) is 0. The Labute approximate surface area is 300 Å². The molecule has 0 saturated carbocycles. The zero-order valence-corrected chi connectivity index (χ0v) is 31.1. The summed E-state index contributed by atoms with van der Waals surface area (Å²) in [5.41, 5.74) is -0.889. The average Bonchev–Trinajstić information content (AvgIpc) is 3.12. The SMILES string of the molecule is C=CCOCC(COCCOCCOCCOCCOC)(COCCOCCOCCOCCOC)OCCOCCOCCOCCOC. The molecule has 0 amide bonds. The molecule has 0 aromatic rings. The second-order valence-corrected chi connectivity index (χ2v) is 10.4. The van der Waals surface area contributed by atoms with Gasteiger partial charge in [0.25, 0.3) is 0 Å². The highest BCUT2D eigenvalue weighted by Crippen LogP contribution is 2.15. The minimum atomic E-state index is -0.889. The number of hydrogen-bond acceptors (Lipinski definition) is 16. The van der Waals surface area contributed by atoms with Crippen molar-refractivity contribution in [1.82, 2.24) is 0 Å². The fraction of sp³-hybridized carbons (Fsp3) is 0.941. The molecule has 0 aromatic heterocycles. The fourth-order valence-corrected chi connectivity index (χ4v) is 3.70. The minimum absolute atomic E-state index is 0.218. The molecule has 0 aliphatic carbocycles. The second kappa shape index (κ2) is 42.5. The normalized spacial score (nSPS) is 11.9. The number of ether oxygens (including phenoxy) is 16. The Hall–Kier alpha value is -0.900.